The number of likely N-dealkylation sites (N-methyl/N-ethyl adjacent to an activating group) is 1. The van der Waals surface area contributed by atoms with Crippen LogP contribution in [0.4, 0.5) is 0 Å². The highest BCUT2D eigenvalue weighted by Crippen LogP contribution is 1.95. The average Bonchev–Trinajstić information content (AvgIpc) is 2.13. The van der Waals surface area contributed by atoms with Crippen LogP contribution in [0.2, 0.25) is 0 Å². The van der Waals surface area contributed by atoms with Gasteiger partial charge in [-0.3, -0.25) is 4.79 Å². The molecular weight excluding hydrogens is 200 g/mol. The molecule has 0 radical (unpaired) electrons. The first-order valence-corrected chi connectivity index (χ1v) is 6.18. The van der Waals surface area contributed by atoms with Crippen molar-refractivity contribution >= 4 is 5.91 Å². The monoisotopic (exact) mass is 227 g/mol. The van der Waals surface area contributed by atoms with Crippen molar-refractivity contribution in [3.8, 4) is 0 Å². The molecule has 0 aromatic carbocycles. The Balaban J connectivity index is 3.45. The molecule has 0 spiro atoms. The van der Waals surface area contributed by atoms with Crippen molar-refractivity contribution in [3.05, 3.63) is 12.2 Å². The van der Waals surface area contributed by atoms with Gasteiger partial charge in [-0.1, -0.05) is 31.9 Å². The molecule has 0 aromatic heterocycles. The van der Waals surface area contributed by atoms with Crippen LogP contribution < -0.4 is 5.32 Å². The SMILES string of the molecule is CCCC/C=C\CCNC(=O)C[N+](C)(C)C. The first-order valence-electron chi connectivity index (χ1n) is 6.18. The number of nitrogens with zero attached hydrogens (tertiary/aromatic N) is 1. The maximum absolute atomic E-state index is 11.4. The van der Waals surface area contributed by atoms with Crippen LogP contribution in [0, 0.1) is 0 Å². The Hall–Kier alpha value is -0.830. The topological polar surface area (TPSA) is 29.1 Å². The fourth-order valence-corrected chi connectivity index (χ4v) is 1.34. The van der Waals surface area contributed by atoms with Crippen LogP contribution in [0.15, 0.2) is 12.2 Å². The standard InChI is InChI=1S/C13H26N2O/c1-5-6-7-8-9-10-11-14-13(16)12-15(2,3)4/h8-9H,5-7,10-12H2,1-4H3/p+1/b9-8-. The summed E-state index contributed by atoms with van der Waals surface area (Å²) in [7, 11) is 6.05. The summed E-state index contributed by atoms with van der Waals surface area (Å²) in [5.74, 6) is 0.134. The van der Waals surface area contributed by atoms with E-state index in [1.54, 1.807) is 0 Å². The minimum Gasteiger partial charge on any atom is -0.351 e. The molecule has 3 nitrogen and oxygen atoms in total. The van der Waals surface area contributed by atoms with Gasteiger partial charge in [0.15, 0.2) is 6.54 Å². The first kappa shape index (κ1) is 15.2. The van der Waals surface area contributed by atoms with Crippen LogP contribution in [0.3, 0.4) is 0 Å². The van der Waals surface area contributed by atoms with Gasteiger partial charge in [0.05, 0.1) is 21.1 Å². The van der Waals surface area contributed by atoms with Crippen LogP contribution in [-0.4, -0.2) is 44.6 Å². The Bertz CT molecular complexity index is 216. The molecule has 0 fully saturated rings. The summed E-state index contributed by atoms with van der Waals surface area (Å²) >= 11 is 0. The smallest absolute Gasteiger partial charge is 0.275 e. The fraction of sp³-hybridized carbons (Fsp3) is 0.769. The summed E-state index contributed by atoms with van der Waals surface area (Å²) in [5.41, 5.74) is 0. The Morgan fingerprint density at radius 3 is 2.38 bits per heavy atom. The molecule has 0 unspecified atom stereocenters. The zero-order valence-electron chi connectivity index (χ0n) is 11.3. The number of amides is 1. The van der Waals surface area contributed by atoms with E-state index in [0.717, 1.165) is 19.4 Å². The van der Waals surface area contributed by atoms with Gasteiger partial charge in [0.2, 0.25) is 0 Å². The highest BCUT2D eigenvalue weighted by atomic mass is 16.2. The van der Waals surface area contributed by atoms with Crippen LogP contribution in [0.1, 0.15) is 32.6 Å². The number of rotatable bonds is 8. The van der Waals surface area contributed by atoms with Gasteiger partial charge in [-0.05, 0) is 12.8 Å². The molecule has 0 bridgehead atoms. The molecule has 0 aliphatic carbocycles. The molecule has 1 N–H and O–H groups in total. The summed E-state index contributed by atoms with van der Waals surface area (Å²) in [5, 5.41) is 2.92. The van der Waals surface area contributed by atoms with Crippen LogP contribution in [-0.2, 0) is 4.79 Å². The molecule has 0 heterocycles. The number of hydrogen-bond acceptors (Lipinski definition) is 1. The molecule has 16 heavy (non-hydrogen) atoms. The average molecular weight is 227 g/mol. The van der Waals surface area contributed by atoms with Crippen molar-refractivity contribution in [2.24, 2.45) is 0 Å². The van der Waals surface area contributed by atoms with Crippen molar-refractivity contribution in [1.82, 2.24) is 5.32 Å². The van der Waals surface area contributed by atoms with Crippen molar-refractivity contribution < 1.29 is 9.28 Å². The van der Waals surface area contributed by atoms with E-state index in [4.69, 9.17) is 0 Å². The predicted molar refractivity (Wildman–Crippen MR) is 69.2 cm³/mol. The van der Waals surface area contributed by atoms with Crippen LogP contribution in [0.5, 0.6) is 0 Å². The zero-order valence-corrected chi connectivity index (χ0v) is 11.3. The van der Waals surface area contributed by atoms with Gasteiger partial charge in [-0.15, -0.1) is 0 Å². The van der Waals surface area contributed by atoms with E-state index in [2.05, 4.69) is 24.4 Å². The molecule has 94 valence electrons. The minimum atomic E-state index is 0.134. The summed E-state index contributed by atoms with van der Waals surface area (Å²) in [6.45, 7) is 3.49. The normalized spacial score (nSPS) is 12.0. The first-order chi connectivity index (χ1) is 7.45. The van der Waals surface area contributed by atoms with Gasteiger partial charge >= 0.3 is 0 Å². The Labute approximate surface area is 100 Å². The van der Waals surface area contributed by atoms with Crippen LogP contribution >= 0.6 is 0 Å². The third-order valence-electron chi connectivity index (χ3n) is 2.14. The number of nitrogens with one attached hydrogen (secondary N) is 1. The predicted octanol–water partition coefficient (Wildman–Crippen LogP) is 1.95. The Kier molecular flexibility index (Phi) is 7.90. The molecule has 1 amide bonds. The lowest BCUT2D eigenvalue weighted by Gasteiger charge is -2.22. The molecule has 0 aromatic rings. The minimum absolute atomic E-state index is 0.134. The van der Waals surface area contributed by atoms with E-state index in [9.17, 15) is 4.79 Å². The molecular formula is C13H27N2O+. The second-order valence-electron chi connectivity index (χ2n) is 5.20. The second kappa shape index (κ2) is 8.34. The Morgan fingerprint density at radius 1 is 1.19 bits per heavy atom. The lowest BCUT2D eigenvalue weighted by Crippen LogP contribution is -2.44. The van der Waals surface area contributed by atoms with E-state index in [-0.39, 0.29) is 5.91 Å². The highest BCUT2D eigenvalue weighted by molar-refractivity contribution is 5.76. The third kappa shape index (κ3) is 11.2. The van der Waals surface area contributed by atoms with E-state index in [1.165, 1.54) is 12.8 Å². The van der Waals surface area contributed by atoms with Crippen molar-refractivity contribution in [1.29, 1.82) is 0 Å². The quantitative estimate of drug-likeness (QED) is 0.383. The molecule has 0 saturated heterocycles. The third-order valence-corrected chi connectivity index (χ3v) is 2.14. The molecule has 0 rings (SSSR count). The fourth-order valence-electron chi connectivity index (χ4n) is 1.34. The lowest BCUT2D eigenvalue weighted by atomic mass is 10.2. The van der Waals surface area contributed by atoms with Gasteiger partial charge in [0, 0.05) is 6.54 Å². The summed E-state index contributed by atoms with van der Waals surface area (Å²) < 4.78 is 0.679. The van der Waals surface area contributed by atoms with Crippen molar-refractivity contribution in [2.75, 3.05) is 34.2 Å². The van der Waals surface area contributed by atoms with Gasteiger partial charge < -0.3 is 9.80 Å². The van der Waals surface area contributed by atoms with E-state index < -0.39 is 0 Å². The number of carbonyl (C=O) groups excluding carboxylic acids is 1. The van der Waals surface area contributed by atoms with Gasteiger partial charge in [-0.25, -0.2) is 0 Å². The summed E-state index contributed by atoms with van der Waals surface area (Å²) in [4.78, 5) is 11.4. The van der Waals surface area contributed by atoms with Crippen LogP contribution in [0.25, 0.3) is 0 Å². The van der Waals surface area contributed by atoms with E-state index >= 15 is 0 Å². The molecule has 0 aliphatic rings. The number of allylic oxidation sites excluding steroid dienone is 1. The summed E-state index contributed by atoms with van der Waals surface area (Å²) in [6.07, 6.45) is 8.95. The van der Waals surface area contributed by atoms with Gasteiger partial charge in [-0.2, -0.15) is 0 Å². The number of unbranched alkanes of at least 4 members (excludes halogenated alkanes) is 2. The zero-order chi connectivity index (χ0) is 12.4. The maximum atomic E-state index is 11.4. The molecule has 0 saturated carbocycles. The second-order valence-corrected chi connectivity index (χ2v) is 5.20. The van der Waals surface area contributed by atoms with Crippen molar-refractivity contribution in [2.45, 2.75) is 32.6 Å². The number of hydrogen-bond donors (Lipinski definition) is 1. The molecule has 3 heteroatoms. The number of carbonyl (C=O) groups is 1. The maximum Gasteiger partial charge on any atom is 0.275 e. The summed E-state index contributed by atoms with van der Waals surface area (Å²) in [6, 6.07) is 0. The van der Waals surface area contributed by atoms with Gasteiger partial charge in [0.25, 0.3) is 5.91 Å². The number of quaternary nitrogens is 1. The van der Waals surface area contributed by atoms with E-state index in [0.29, 0.717) is 11.0 Å². The molecule has 0 atom stereocenters. The molecule has 0 aliphatic heterocycles. The van der Waals surface area contributed by atoms with Gasteiger partial charge in [0.1, 0.15) is 0 Å². The lowest BCUT2D eigenvalue weighted by molar-refractivity contribution is -0.862. The highest BCUT2D eigenvalue weighted by Gasteiger charge is 2.12. The Morgan fingerprint density at radius 2 is 1.81 bits per heavy atom. The van der Waals surface area contributed by atoms with Crippen molar-refractivity contribution in [3.63, 3.8) is 0 Å². The largest absolute Gasteiger partial charge is 0.351 e. The van der Waals surface area contributed by atoms with E-state index in [1.807, 2.05) is 21.1 Å².